The van der Waals surface area contributed by atoms with E-state index in [1.807, 2.05) is 0 Å². The lowest BCUT2D eigenvalue weighted by atomic mass is 10.0. The largest absolute Gasteiger partial charge is 0.387 e. The fourth-order valence-corrected chi connectivity index (χ4v) is 2.85. The number of para-hydroxylation sites is 1. The first-order valence-electron chi connectivity index (χ1n) is 7.36. The van der Waals surface area contributed by atoms with Gasteiger partial charge in [0, 0.05) is 18.8 Å². The summed E-state index contributed by atoms with van der Waals surface area (Å²) < 4.78 is 12.8. The number of fused-ring (bicyclic) bond motifs is 1. The van der Waals surface area contributed by atoms with E-state index < -0.39 is 6.10 Å². The summed E-state index contributed by atoms with van der Waals surface area (Å²) in [6.07, 6.45) is 3.35. The number of hydrogen-bond donors (Lipinski definition) is 1. The Balaban J connectivity index is 1.64. The van der Waals surface area contributed by atoms with Crippen molar-refractivity contribution < 1.29 is 9.50 Å². The summed E-state index contributed by atoms with van der Waals surface area (Å²) in [6, 6.07) is 11.3. The van der Waals surface area contributed by atoms with Crippen LogP contribution in [0.2, 0.25) is 0 Å². The number of hydrogen-bond acceptors (Lipinski definition) is 3. The molecular formula is C17H19FN2O. The molecule has 0 saturated carbocycles. The van der Waals surface area contributed by atoms with Crippen LogP contribution in [-0.2, 0) is 6.42 Å². The number of benzene rings is 1. The Kier molecular flexibility index (Phi) is 4.15. The Hall–Kier alpha value is -1.94. The molecule has 2 heterocycles. The van der Waals surface area contributed by atoms with Gasteiger partial charge in [-0.05, 0) is 43.0 Å². The van der Waals surface area contributed by atoms with Crippen molar-refractivity contribution in [3.8, 4) is 0 Å². The maximum Gasteiger partial charge on any atom is 0.141 e. The van der Waals surface area contributed by atoms with E-state index in [4.69, 9.17) is 0 Å². The number of aromatic nitrogens is 1. The SMILES string of the molecule is OC(CCN1CCCc2ccccc21)c1ccc(F)cn1. The third-order valence-electron chi connectivity index (χ3n) is 3.97. The molecule has 3 nitrogen and oxygen atoms in total. The molecule has 3 rings (SSSR count). The topological polar surface area (TPSA) is 36.4 Å². The molecule has 1 N–H and O–H groups in total. The highest BCUT2D eigenvalue weighted by Gasteiger charge is 2.18. The minimum absolute atomic E-state index is 0.379. The molecule has 1 atom stereocenters. The van der Waals surface area contributed by atoms with Crippen molar-refractivity contribution >= 4 is 5.69 Å². The lowest BCUT2D eigenvalue weighted by Crippen LogP contribution is -2.31. The molecular weight excluding hydrogens is 267 g/mol. The predicted molar refractivity (Wildman–Crippen MR) is 80.7 cm³/mol. The molecule has 0 aliphatic carbocycles. The predicted octanol–water partition coefficient (Wildman–Crippen LogP) is 3.10. The van der Waals surface area contributed by atoms with Crippen molar-refractivity contribution in [3.63, 3.8) is 0 Å². The van der Waals surface area contributed by atoms with Crippen LogP contribution in [0.25, 0.3) is 0 Å². The van der Waals surface area contributed by atoms with E-state index in [1.54, 1.807) is 6.07 Å². The second-order valence-electron chi connectivity index (χ2n) is 5.43. The number of anilines is 1. The van der Waals surface area contributed by atoms with Crippen LogP contribution in [-0.4, -0.2) is 23.2 Å². The van der Waals surface area contributed by atoms with Gasteiger partial charge in [-0.15, -0.1) is 0 Å². The summed E-state index contributed by atoms with van der Waals surface area (Å²) >= 11 is 0. The van der Waals surface area contributed by atoms with Gasteiger partial charge in [-0.3, -0.25) is 4.98 Å². The first kappa shape index (κ1) is 14.0. The lowest BCUT2D eigenvalue weighted by molar-refractivity contribution is 0.164. The molecule has 1 aliphatic heterocycles. The van der Waals surface area contributed by atoms with Gasteiger partial charge >= 0.3 is 0 Å². The lowest BCUT2D eigenvalue weighted by Gasteiger charge is -2.31. The molecule has 1 aromatic heterocycles. The van der Waals surface area contributed by atoms with Crippen LogP contribution in [0.5, 0.6) is 0 Å². The molecule has 0 amide bonds. The van der Waals surface area contributed by atoms with E-state index >= 15 is 0 Å². The van der Waals surface area contributed by atoms with Crippen LogP contribution < -0.4 is 4.90 Å². The van der Waals surface area contributed by atoms with E-state index in [0.29, 0.717) is 12.1 Å². The first-order valence-corrected chi connectivity index (χ1v) is 7.36. The van der Waals surface area contributed by atoms with Gasteiger partial charge in [-0.25, -0.2) is 4.39 Å². The molecule has 1 aliphatic rings. The Bertz CT molecular complexity index is 600. The Morgan fingerprint density at radius 1 is 1.24 bits per heavy atom. The quantitative estimate of drug-likeness (QED) is 0.938. The summed E-state index contributed by atoms with van der Waals surface area (Å²) in [6.45, 7) is 1.79. The number of aliphatic hydroxyl groups excluding tert-OH is 1. The molecule has 0 bridgehead atoms. The van der Waals surface area contributed by atoms with Crippen LogP contribution >= 0.6 is 0 Å². The number of rotatable bonds is 4. The highest BCUT2D eigenvalue weighted by atomic mass is 19.1. The second-order valence-corrected chi connectivity index (χ2v) is 5.43. The van der Waals surface area contributed by atoms with Gasteiger partial charge in [0.05, 0.1) is 18.0 Å². The van der Waals surface area contributed by atoms with Crippen molar-refractivity contribution in [1.29, 1.82) is 0 Å². The molecule has 0 spiro atoms. The third-order valence-corrected chi connectivity index (χ3v) is 3.97. The van der Waals surface area contributed by atoms with Crippen molar-refractivity contribution in [3.05, 3.63) is 59.7 Å². The number of nitrogens with zero attached hydrogens (tertiary/aromatic N) is 2. The van der Waals surface area contributed by atoms with Gasteiger partial charge < -0.3 is 10.0 Å². The van der Waals surface area contributed by atoms with Gasteiger partial charge in [0.15, 0.2) is 0 Å². The number of aryl methyl sites for hydroxylation is 1. The molecule has 0 saturated heterocycles. The van der Waals surface area contributed by atoms with E-state index in [-0.39, 0.29) is 5.82 Å². The summed E-state index contributed by atoms with van der Waals surface area (Å²) in [7, 11) is 0. The van der Waals surface area contributed by atoms with E-state index in [2.05, 4.69) is 34.1 Å². The van der Waals surface area contributed by atoms with Crippen molar-refractivity contribution in [2.45, 2.75) is 25.4 Å². The highest BCUT2D eigenvalue weighted by Crippen LogP contribution is 2.27. The molecule has 21 heavy (non-hydrogen) atoms. The van der Waals surface area contributed by atoms with Gasteiger partial charge in [0.25, 0.3) is 0 Å². The monoisotopic (exact) mass is 286 g/mol. The van der Waals surface area contributed by atoms with Crippen LogP contribution in [0.4, 0.5) is 10.1 Å². The van der Waals surface area contributed by atoms with Crippen LogP contribution in [0.3, 0.4) is 0 Å². The Labute approximate surface area is 124 Å². The highest BCUT2D eigenvalue weighted by molar-refractivity contribution is 5.55. The zero-order chi connectivity index (χ0) is 14.7. The molecule has 1 unspecified atom stereocenters. The van der Waals surface area contributed by atoms with Crippen molar-refractivity contribution in [2.24, 2.45) is 0 Å². The van der Waals surface area contributed by atoms with E-state index in [9.17, 15) is 9.50 Å². The Morgan fingerprint density at radius 2 is 2.10 bits per heavy atom. The smallest absolute Gasteiger partial charge is 0.141 e. The maximum absolute atomic E-state index is 12.8. The van der Waals surface area contributed by atoms with Gasteiger partial charge in [0.2, 0.25) is 0 Å². The van der Waals surface area contributed by atoms with Crippen LogP contribution in [0, 0.1) is 5.82 Å². The molecule has 0 radical (unpaired) electrons. The molecule has 1 aromatic carbocycles. The first-order chi connectivity index (χ1) is 10.2. The Morgan fingerprint density at radius 3 is 2.90 bits per heavy atom. The fourth-order valence-electron chi connectivity index (χ4n) is 2.85. The summed E-state index contributed by atoms with van der Waals surface area (Å²) in [5.41, 5.74) is 3.17. The van der Waals surface area contributed by atoms with Gasteiger partial charge in [-0.1, -0.05) is 18.2 Å². The molecule has 4 heteroatoms. The zero-order valence-electron chi connectivity index (χ0n) is 11.9. The normalized spacial score (nSPS) is 15.6. The summed E-state index contributed by atoms with van der Waals surface area (Å²) in [5.74, 6) is -0.379. The average molecular weight is 286 g/mol. The number of halogens is 1. The molecule has 110 valence electrons. The maximum atomic E-state index is 12.8. The van der Waals surface area contributed by atoms with E-state index in [0.717, 1.165) is 32.1 Å². The molecule has 2 aromatic rings. The third kappa shape index (κ3) is 3.22. The second kappa shape index (κ2) is 6.22. The van der Waals surface area contributed by atoms with Gasteiger partial charge in [-0.2, -0.15) is 0 Å². The van der Waals surface area contributed by atoms with Crippen molar-refractivity contribution in [2.75, 3.05) is 18.0 Å². The van der Waals surface area contributed by atoms with Crippen molar-refractivity contribution in [1.82, 2.24) is 4.98 Å². The van der Waals surface area contributed by atoms with Gasteiger partial charge in [0.1, 0.15) is 5.82 Å². The van der Waals surface area contributed by atoms with Crippen LogP contribution in [0.15, 0.2) is 42.6 Å². The molecule has 0 fully saturated rings. The van der Waals surface area contributed by atoms with Crippen LogP contribution in [0.1, 0.15) is 30.2 Å². The fraction of sp³-hybridized carbons (Fsp3) is 0.353. The minimum Gasteiger partial charge on any atom is -0.387 e. The summed E-state index contributed by atoms with van der Waals surface area (Å²) in [4.78, 5) is 6.25. The standard InChI is InChI=1S/C17H19FN2O/c18-14-7-8-15(19-12-14)17(21)9-11-20-10-3-5-13-4-1-2-6-16(13)20/h1-2,4,6-8,12,17,21H,3,5,9-11H2. The zero-order valence-corrected chi connectivity index (χ0v) is 11.9. The average Bonchev–Trinajstić information content (AvgIpc) is 2.53. The number of pyridine rings is 1. The van der Waals surface area contributed by atoms with E-state index in [1.165, 1.54) is 17.3 Å². The minimum atomic E-state index is -0.653. The number of aliphatic hydroxyl groups is 1. The summed E-state index contributed by atoms with van der Waals surface area (Å²) in [5, 5.41) is 10.2.